The Morgan fingerprint density at radius 1 is 0.600 bits per heavy atom. The number of nitrogens with zero attached hydrogens (tertiary/aromatic N) is 10. The first-order chi connectivity index (χ1) is 39.2. The fourth-order valence-electron chi connectivity index (χ4n) is 9.67. The van der Waals surface area contributed by atoms with Gasteiger partial charge >= 0.3 is 0 Å². The van der Waals surface area contributed by atoms with Gasteiger partial charge < -0.3 is 33.1 Å². The zero-order valence-electron chi connectivity index (χ0n) is 45.7. The van der Waals surface area contributed by atoms with Gasteiger partial charge in [-0.3, -0.25) is 0 Å². The van der Waals surface area contributed by atoms with E-state index in [4.69, 9.17) is 19.6 Å². The zero-order chi connectivity index (χ0) is 55.5. The number of benzene rings is 7. The second-order valence-electron chi connectivity index (χ2n) is 18.8. The number of fused-ring (bicyclic) bond motifs is 4. The number of aromatic nitrogens is 10. The molecule has 1 N–H and O–H groups in total. The maximum Gasteiger partial charge on any atom is 0.204 e. The molecule has 0 saturated heterocycles. The smallest absolute Gasteiger partial charge is 0.204 e. The number of para-hydroxylation sites is 9. The lowest BCUT2D eigenvalue weighted by Crippen LogP contribution is -2.07. The quantitative estimate of drug-likeness (QED) is 0.113. The van der Waals surface area contributed by atoms with Crippen LogP contribution in [0.2, 0.25) is 0 Å². The predicted octanol–water partition coefficient (Wildman–Crippen LogP) is 15.8. The second kappa shape index (κ2) is 25.2. The van der Waals surface area contributed by atoms with E-state index in [1.165, 1.54) is 15.9 Å². The van der Waals surface area contributed by atoms with E-state index in [0.29, 0.717) is 12.3 Å². The van der Waals surface area contributed by atoms with Gasteiger partial charge in [-0.15, -0.1) is 17.9 Å². The minimum Gasteiger partial charge on any atom is -0.493 e. The Balaban J connectivity index is 0.000000126. The summed E-state index contributed by atoms with van der Waals surface area (Å²) in [5.74, 6) is 5.27. The third kappa shape index (κ3) is 11.8. The van der Waals surface area contributed by atoms with Crippen molar-refractivity contribution in [2.75, 3.05) is 19.5 Å². The number of thiophene rings is 1. The summed E-state index contributed by atoms with van der Waals surface area (Å²) in [5.41, 5.74) is 14.0. The number of methoxy groups -OCH3 is 2. The molecule has 0 fully saturated rings. The lowest BCUT2D eigenvalue weighted by molar-refractivity contribution is 0.355. The van der Waals surface area contributed by atoms with Crippen LogP contribution in [0.3, 0.4) is 0 Å². The van der Waals surface area contributed by atoms with Crippen molar-refractivity contribution in [2.24, 2.45) is 14.1 Å². The standard InChI is InChI=1S/C24H23N5S.C16H16N2O2.C14H11BrN2.C11H12N2/c1-2-14-28-21-12-7-6-11-20(21)26-24(28)25-16-18-17-29(19-9-4-3-5-10-19)27-23(18)22-13-8-15-30-22;1-18-13-7-5-4-6-12(13)17-16(18)11-8-9-14(19-2)15(10-11)20-3;1-17-13-8-3-2-7-12(13)16-14(17)10-5-4-6-11(15)9-10;1-3-8-13-9(2)12-10-6-4-5-7-11(10)13/h3-13,15,17H,2,14,16H2,1H3,(H,25,26);4-10H,1-3H3;2-9H,1H3;3-7H,1,8H2,2H3. The van der Waals surface area contributed by atoms with Crippen LogP contribution >= 0.6 is 27.3 Å². The van der Waals surface area contributed by atoms with Gasteiger partial charge in [0.15, 0.2) is 11.5 Å². The third-order valence-electron chi connectivity index (χ3n) is 13.6. The van der Waals surface area contributed by atoms with E-state index in [0.717, 1.165) is 114 Å². The van der Waals surface area contributed by atoms with E-state index < -0.39 is 0 Å². The summed E-state index contributed by atoms with van der Waals surface area (Å²) in [6, 6.07) is 61.2. The highest BCUT2D eigenvalue weighted by Gasteiger charge is 2.17. The average molecular weight is 1140 g/mol. The van der Waals surface area contributed by atoms with Crippen molar-refractivity contribution >= 4 is 77.3 Å². The molecule has 0 aliphatic carbocycles. The number of imidazole rings is 4. The monoisotopic (exact) mass is 1140 g/mol. The first-order valence-corrected chi connectivity index (χ1v) is 28.0. The number of ether oxygens (including phenoxy) is 2. The van der Waals surface area contributed by atoms with Crippen LogP contribution in [0, 0.1) is 6.92 Å². The molecule has 0 amide bonds. The Morgan fingerprint density at radius 3 is 1.75 bits per heavy atom. The molecule has 0 spiro atoms. The predicted molar refractivity (Wildman–Crippen MR) is 332 cm³/mol. The van der Waals surface area contributed by atoms with Gasteiger partial charge in [-0.2, -0.15) is 5.10 Å². The van der Waals surface area contributed by atoms with Crippen LogP contribution in [0.5, 0.6) is 11.5 Å². The van der Waals surface area contributed by atoms with Crippen molar-refractivity contribution in [2.45, 2.75) is 39.9 Å². The normalized spacial score (nSPS) is 10.9. The average Bonchev–Trinajstić information content (AvgIpc) is 4.53. The van der Waals surface area contributed by atoms with Gasteiger partial charge in [0.2, 0.25) is 5.95 Å². The second-order valence-corrected chi connectivity index (χ2v) is 20.6. The first-order valence-electron chi connectivity index (χ1n) is 26.4. The van der Waals surface area contributed by atoms with Crippen molar-refractivity contribution in [3.8, 4) is 50.5 Å². The molecule has 0 radical (unpaired) electrons. The lowest BCUT2D eigenvalue weighted by atomic mass is 10.2. The molecule has 13 rings (SSSR count). The van der Waals surface area contributed by atoms with Gasteiger partial charge in [-0.05, 0) is 116 Å². The molecule has 13 aromatic rings. The molecule has 15 heteroatoms. The first kappa shape index (κ1) is 54.3. The van der Waals surface area contributed by atoms with Crippen LogP contribution in [0.4, 0.5) is 5.95 Å². The number of aryl methyl sites for hydroxylation is 4. The Morgan fingerprint density at radius 2 is 1.18 bits per heavy atom. The summed E-state index contributed by atoms with van der Waals surface area (Å²) in [5, 5.41) is 10.6. The van der Waals surface area contributed by atoms with E-state index in [2.05, 4.69) is 152 Å². The summed E-state index contributed by atoms with van der Waals surface area (Å²) >= 11 is 5.20. The minimum atomic E-state index is 0.660. The summed E-state index contributed by atoms with van der Waals surface area (Å²) in [6.45, 7) is 10.4. The van der Waals surface area contributed by atoms with E-state index >= 15 is 0 Å². The van der Waals surface area contributed by atoms with Crippen molar-refractivity contribution < 1.29 is 9.47 Å². The van der Waals surface area contributed by atoms with Crippen molar-refractivity contribution in [3.63, 3.8) is 0 Å². The summed E-state index contributed by atoms with van der Waals surface area (Å²) in [6.07, 6.45) is 5.06. The molecule has 6 heterocycles. The van der Waals surface area contributed by atoms with Crippen molar-refractivity contribution in [1.82, 2.24) is 48.0 Å². The minimum absolute atomic E-state index is 0.660. The molecule has 0 atom stereocenters. The Labute approximate surface area is 478 Å². The highest BCUT2D eigenvalue weighted by molar-refractivity contribution is 9.10. The Hall–Kier alpha value is -9.05. The Bertz CT molecular complexity index is 4190. The van der Waals surface area contributed by atoms with Gasteiger partial charge in [0.25, 0.3) is 0 Å². The number of rotatable bonds is 13. The van der Waals surface area contributed by atoms with Crippen LogP contribution in [0.1, 0.15) is 24.7 Å². The number of allylic oxidation sites excluding steroid dienone is 1. The van der Waals surface area contributed by atoms with Gasteiger partial charge in [-0.25, -0.2) is 24.6 Å². The molecule has 0 saturated carbocycles. The topological polar surface area (TPSA) is 120 Å². The zero-order valence-corrected chi connectivity index (χ0v) is 48.1. The number of nitrogens with one attached hydrogen (secondary N) is 1. The summed E-state index contributed by atoms with van der Waals surface area (Å²) < 4.78 is 22.3. The lowest BCUT2D eigenvalue weighted by Gasteiger charge is -2.09. The highest BCUT2D eigenvalue weighted by Crippen LogP contribution is 2.34. The summed E-state index contributed by atoms with van der Waals surface area (Å²) in [4.78, 5) is 19.8. The molecule has 0 bridgehead atoms. The maximum atomic E-state index is 5.35. The number of hydrogen-bond donors (Lipinski definition) is 1. The molecule has 402 valence electrons. The number of hydrogen-bond acceptors (Lipinski definition) is 9. The van der Waals surface area contributed by atoms with Crippen molar-refractivity contribution in [3.05, 3.63) is 222 Å². The third-order valence-corrected chi connectivity index (χ3v) is 14.9. The fraction of sp³-hybridized carbons (Fsp3) is 0.154. The van der Waals surface area contributed by atoms with Crippen molar-refractivity contribution in [1.29, 1.82) is 0 Å². The van der Waals surface area contributed by atoms with Gasteiger partial charge in [-0.1, -0.05) is 114 Å². The van der Waals surface area contributed by atoms with Crippen LogP contribution in [-0.4, -0.2) is 62.2 Å². The van der Waals surface area contributed by atoms with E-state index in [1.54, 1.807) is 25.6 Å². The van der Waals surface area contributed by atoms with Gasteiger partial charge in [0.1, 0.15) is 23.2 Å². The van der Waals surface area contributed by atoms with Gasteiger partial charge in [0.05, 0.1) is 68.9 Å². The molecule has 6 aromatic heterocycles. The molecule has 13 nitrogen and oxygen atoms in total. The Kier molecular flexibility index (Phi) is 17.1. The van der Waals surface area contributed by atoms with Crippen LogP contribution < -0.4 is 14.8 Å². The van der Waals surface area contributed by atoms with E-state index in [1.807, 2.05) is 141 Å². The van der Waals surface area contributed by atoms with Gasteiger partial charge in [0, 0.05) is 61.1 Å². The molecule has 0 unspecified atom stereocenters. The largest absolute Gasteiger partial charge is 0.493 e. The number of anilines is 1. The molecule has 7 aromatic carbocycles. The molecular weight excluding hydrogens is 1080 g/mol. The molecule has 80 heavy (non-hydrogen) atoms. The SMILES string of the molecule is C=CCn1c(C)nc2ccccc21.CCCn1c(NCc2cn(-c3ccccc3)nc2-c2cccs2)nc2ccccc21.COc1ccc(-c2nc3ccccc3n2C)cc1OC.Cn1c(-c2cccc(Br)c2)nc2ccccc21. The number of halogens is 1. The fourth-order valence-corrected chi connectivity index (χ4v) is 10.8. The maximum absolute atomic E-state index is 5.35. The summed E-state index contributed by atoms with van der Waals surface area (Å²) in [7, 11) is 7.33. The van der Waals surface area contributed by atoms with Crippen LogP contribution in [0.15, 0.2) is 211 Å². The van der Waals surface area contributed by atoms with Crippen LogP contribution in [-0.2, 0) is 33.7 Å². The molecule has 0 aliphatic heterocycles. The highest BCUT2D eigenvalue weighted by atomic mass is 79.9. The molecular formula is C65H62BrN11O2S. The van der Waals surface area contributed by atoms with Crippen LogP contribution in [0.25, 0.3) is 83.2 Å². The van der Waals surface area contributed by atoms with E-state index in [9.17, 15) is 0 Å². The molecule has 0 aliphatic rings. The van der Waals surface area contributed by atoms with E-state index in [-0.39, 0.29) is 0 Å².